The molecule has 13 heavy (non-hydrogen) atoms. The summed E-state index contributed by atoms with van der Waals surface area (Å²) in [5.41, 5.74) is 1.31. The van der Waals surface area contributed by atoms with Crippen molar-refractivity contribution in [2.75, 3.05) is 0 Å². The Labute approximate surface area is 82.1 Å². The van der Waals surface area contributed by atoms with Crippen LogP contribution in [0.2, 0.25) is 0 Å². The predicted octanol–water partition coefficient (Wildman–Crippen LogP) is 3.96. The molecular weight excluding hydrogens is 158 g/mol. The van der Waals surface area contributed by atoms with Gasteiger partial charge in [-0.05, 0) is 38.3 Å². The van der Waals surface area contributed by atoms with E-state index < -0.39 is 0 Å². The average molecular weight is 179 g/mol. The van der Waals surface area contributed by atoms with Crippen molar-refractivity contribution in [2.45, 2.75) is 39.5 Å². The summed E-state index contributed by atoms with van der Waals surface area (Å²) in [5.74, 6) is 0.636. The molecule has 0 aliphatic rings. The van der Waals surface area contributed by atoms with Crippen molar-refractivity contribution in [3.05, 3.63) is 24.3 Å². The molecule has 1 N–H and O–H groups in total. The van der Waals surface area contributed by atoms with Gasteiger partial charge in [-0.25, -0.2) is 0 Å². The first-order valence-electron chi connectivity index (χ1n) is 4.97. The van der Waals surface area contributed by atoms with Crippen molar-refractivity contribution in [1.29, 1.82) is 5.41 Å². The van der Waals surface area contributed by atoms with E-state index in [9.17, 15) is 0 Å². The topological polar surface area (TPSA) is 23.9 Å². The maximum atomic E-state index is 6.93. The predicted molar refractivity (Wildman–Crippen MR) is 60.4 cm³/mol. The van der Waals surface area contributed by atoms with Gasteiger partial charge in [-0.15, -0.1) is 6.58 Å². The van der Waals surface area contributed by atoms with E-state index in [1.54, 1.807) is 0 Å². The van der Waals surface area contributed by atoms with Gasteiger partial charge in [-0.1, -0.05) is 24.6 Å². The Bertz CT molecular complexity index is 180. The Morgan fingerprint density at radius 1 is 1.54 bits per heavy atom. The molecule has 0 radical (unpaired) electrons. The second-order valence-electron chi connectivity index (χ2n) is 3.60. The van der Waals surface area contributed by atoms with Gasteiger partial charge in [0.25, 0.3) is 0 Å². The molecule has 1 heteroatoms. The van der Waals surface area contributed by atoms with Gasteiger partial charge in [0, 0.05) is 6.42 Å². The summed E-state index contributed by atoms with van der Waals surface area (Å²) in [6.45, 7) is 8.04. The van der Waals surface area contributed by atoms with E-state index in [0.29, 0.717) is 5.92 Å². The van der Waals surface area contributed by atoms with E-state index in [-0.39, 0.29) is 0 Å². The molecule has 0 aliphatic carbocycles. The highest BCUT2D eigenvalue weighted by Gasteiger charge is 1.94. The summed E-state index contributed by atoms with van der Waals surface area (Å²) in [5, 5.41) is 6.93. The highest BCUT2D eigenvalue weighted by molar-refractivity contribution is 5.56. The summed E-state index contributed by atoms with van der Waals surface area (Å²) in [7, 11) is 0. The largest absolute Gasteiger partial charge is 0.313 e. The molecule has 0 bridgehead atoms. The van der Waals surface area contributed by atoms with Crippen LogP contribution >= 0.6 is 0 Å². The van der Waals surface area contributed by atoms with Gasteiger partial charge in [0.1, 0.15) is 0 Å². The van der Waals surface area contributed by atoms with Crippen molar-refractivity contribution in [2.24, 2.45) is 5.92 Å². The molecule has 1 unspecified atom stereocenters. The number of hydrogen-bond acceptors (Lipinski definition) is 1. The lowest BCUT2D eigenvalue weighted by Crippen LogP contribution is -1.88. The molecule has 1 atom stereocenters. The van der Waals surface area contributed by atoms with Gasteiger partial charge < -0.3 is 5.41 Å². The third kappa shape index (κ3) is 7.51. The highest BCUT2D eigenvalue weighted by atomic mass is 14.3. The second kappa shape index (κ2) is 7.78. The second-order valence-corrected chi connectivity index (χ2v) is 3.60. The van der Waals surface area contributed by atoms with Crippen LogP contribution in [0.4, 0.5) is 0 Å². The van der Waals surface area contributed by atoms with Gasteiger partial charge in [-0.3, -0.25) is 0 Å². The summed E-state index contributed by atoms with van der Waals surface area (Å²) in [6, 6.07) is 0. The number of rotatable bonds is 7. The first kappa shape index (κ1) is 12.2. The molecule has 0 saturated heterocycles. The highest BCUT2D eigenvalue weighted by Crippen LogP contribution is 2.10. The molecule has 0 heterocycles. The molecule has 0 aromatic rings. The van der Waals surface area contributed by atoms with Crippen LogP contribution in [0.25, 0.3) is 0 Å². The Morgan fingerprint density at radius 2 is 2.23 bits per heavy atom. The molecule has 0 saturated carbocycles. The van der Waals surface area contributed by atoms with Gasteiger partial charge in [0.05, 0.1) is 0 Å². The fourth-order valence-corrected chi connectivity index (χ4v) is 1.15. The van der Waals surface area contributed by atoms with E-state index >= 15 is 0 Å². The van der Waals surface area contributed by atoms with E-state index in [1.165, 1.54) is 24.6 Å². The van der Waals surface area contributed by atoms with Crippen molar-refractivity contribution < 1.29 is 0 Å². The molecule has 0 rings (SSSR count). The van der Waals surface area contributed by atoms with E-state index in [0.717, 1.165) is 12.8 Å². The van der Waals surface area contributed by atoms with Crippen LogP contribution in [0.1, 0.15) is 39.5 Å². The summed E-state index contributed by atoms with van der Waals surface area (Å²) in [6.07, 6.45) is 10.1. The number of unbranched alkanes of at least 4 members (excludes halogenated alkanes) is 1. The standard InChI is InChI=1S/C12H21N/c1-4-11(2)7-5-6-8-12(3)9-10-13/h4,8,10-11,13H,1,5-7,9H2,2-3H3/b12-8+,13-10?. The molecule has 0 fully saturated rings. The minimum absolute atomic E-state index is 0.636. The normalized spacial score (nSPS) is 13.8. The molecule has 74 valence electrons. The fourth-order valence-electron chi connectivity index (χ4n) is 1.15. The molecule has 1 nitrogen and oxygen atoms in total. The minimum Gasteiger partial charge on any atom is -0.313 e. The lowest BCUT2D eigenvalue weighted by molar-refractivity contribution is 0.612. The SMILES string of the molecule is C=CC(C)CCC/C=C(\C)CC=N. The summed E-state index contributed by atoms with van der Waals surface area (Å²) >= 11 is 0. The van der Waals surface area contributed by atoms with Crippen LogP contribution in [0, 0.1) is 11.3 Å². The summed E-state index contributed by atoms with van der Waals surface area (Å²) < 4.78 is 0. The Hall–Kier alpha value is -0.850. The quantitative estimate of drug-likeness (QED) is 0.347. The van der Waals surface area contributed by atoms with E-state index in [1.807, 2.05) is 6.08 Å². The van der Waals surface area contributed by atoms with Crippen LogP contribution in [0.3, 0.4) is 0 Å². The zero-order valence-electron chi connectivity index (χ0n) is 8.84. The lowest BCUT2D eigenvalue weighted by atomic mass is 10.0. The summed E-state index contributed by atoms with van der Waals surface area (Å²) in [4.78, 5) is 0. The molecule has 0 spiro atoms. The Morgan fingerprint density at radius 3 is 2.77 bits per heavy atom. The van der Waals surface area contributed by atoms with Crippen LogP contribution in [0.15, 0.2) is 24.3 Å². The molecule has 0 aromatic heterocycles. The fraction of sp³-hybridized carbons (Fsp3) is 0.583. The third-order valence-electron chi connectivity index (χ3n) is 2.18. The van der Waals surface area contributed by atoms with Gasteiger partial charge in [0.2, 0.25) is 0 Å². The van der Waals surface area contributed by atoms with E-state index in [4.69, 9.17) is 5.41 Å². The maximum absolute atomic E-state index is 6.93. The van der Waals surface area contributed by atoms with Gasteiger partial charge in [0.15, 0.2) is 0 Å². The van der Waals surface area contributed by atoms with E-state index in [2.05, 4.69) is 26.5 Å². The van der Waals surface area contributed by atoms with Gasteiger partial charge in [-0.2, -0.15) is 0 Å². The van der Waals surface area contributed by atoms with Crippen molar-refractivity contribution in [3.63, 3.8) is 0 Å². The average Bonchev–Trinajstić information content (AvgIpc) is 2.12. The first-order chi connectivity index (χ1) is 6.20. The Balaban J connectivity index is 3.48. The van der Waals surface area contributed by atoms with Crippen LogP contribution in [0.5, 0.6) is 0 Å². The molecule has 0 aromatic carbocycles. The zero-order chi connectivity index (χ0) is 10.1. The van der Waals surface area contributed by atoms with Crippen molar-refractivity contribution in [3.8, 4) is 0 Å². The minimum atomic E-state index is 0.636. The lowest BCUT2D eigenvalue weighted by Gasteiger charge is -2.03. The number of nitrogens with one attached hydrogen (secondary N) is 1. The van der Waals surface area contributed by atoms with Crippen molar-refractivity contribution >= 4 is 6.21 Å². The van der Waals surface area contributed by atoms with Crippen molar-refractivity contribution in [1.82, 2.24) is 0 Å². The zero-order valence-corrected chi connectivity index (χ0v) is 8.84. The molecule has 0 amide bonds. The van der Waals surface area contributed by atoms with Crippen LogP contribution in [-0.4, -0.2) is 6.21 Å². The monoisotopic (exact) mass is 179 g/mol. The first-order valence-corrected chi connectivity index (χ1v) is 4.97. The maximum Gasteiger partial charge on any atom is 0.00273 e. The molecular formula is C12H21N. The number of hydrogen-bond donors (Lipinski definition) is 1. The Kier molecular flexibility index (Phi) is 7.27. The van der Waals surface area contributed by atoms with Crippen LogP contribution < -0.4 is 0 Å². The van der Waals surface area contributed by atoms with Gasteiger partial charge >= 0.3 is 0 Å². The number of allylic oxidation sites excluding steroid dienone is 3. The smallest absolute Gasteiger partial charge is 0.00273 e. The third-order valence-corrected chi connectivity index (χ3v) is 2.18. The molecule has 0 aliphatic heterocycles. The van der Waals surface area contributed by atoms with Crippen LogP contribution in [-0.2, 0) is 0 Å².